The van der Waals surface area contributed by atoms with Crippen LogP contribution in [-0.4, -0.2) is 31.0 Å². The van der Waals surface area contributed by atoms with Crippen molar-refractivity contribution in [2.24, 2.45) is 5.92 Å². The van der Waals surface area contributed by atoms with Crippen molar-refractivity contribution in [1.29, 1.82) is 5.26 Å². The summed E-state index contributed by atoms with van der Waals surface area (Å²) in [6, 6.07) is 20.3. The van der Waals surface area contributed by atoms with Crippen LogP contribution in [0.25, 0.3) is 21.7 Å². The maximum Gasteiger partial charge on any atom is 0.418 e. The van der Waals surface area contributed by atoms with E-state index in [1.807, 2.05) is 80.1 Å². The van der Waals surface area contributed by atoms with Crippen molar-refractivity contribution in [2.75, 3.05) is 5.32 Å². The first-order valence-corrected chi connectivity index (χ1v) is 14.3. The molecular weight excluding hydrogens is 528 g/mol. The highest BCUT2D eigenvalue weighted by atomic mass is 16.6. The van der Waals surface area contributed by atoms with Crippen molar-refractivity contribution < 1.29 is 14.3 Å². The van der Waals surface area contributed by atoms with Gasteiger partial charge in [0.05, 0.1) is 23.5 Å². The average Bonchev–Trinajstić information content (AvgIpc) is 3.58. The van der Waals surface area contributed by atoms with E-state index >= 15 is 0 Å². The van der Waals surface area contributed by atoms with Gasteiger partial charge in [-0.15, -0.1) is 0 Å². The number of benzene rings is 2. The Labute approximate surface area is 244 Å². The number of carbonyl (C=O) groups is 1. The molecule has 1 aliphatic carbocycles. The minimum Gasteiger partial charge on any atom is -0.472 e. The van der Waals surface area contributed by atoms with E-state index in [1.54, 1.807) is 18.6 Å². The minimum atomic E-state index is -0.586. The van der Waals surface area contributed by atoms with Gasteiger partial charge >= 0.3 is 6.09 Å². The maximum absolute atomic E-state index is 12.6. The standard InChI is InChI=1S/C33H34N6O3/c1-33(2,3)42-32(40)38-19-24-13-14-26(17-25(24)20-38)36-30-29-28(39(37-30)27-12-8-7-11-23(27)18-34)15-16-35-31(29)41-21-22-9-5-4-6-10-22/h4-6,9-10,13-17,19-20,23,27H,7-8,11-12,21H2,1-3H3,(H,36,37)/t23-,27+/m1/s1. The Morgan fingerprint density at radius 1 is 1.07 bits per heavy atom. The van der Waals surface area contributed by atoms with Crippen LogP contribution in [0.5, 0.6) is 5.88 Å². The number of pyridine rings is 1. The van der Waals surface area contributed by atoms with Crippen LogP contribution in [-0.2, 0) is 11.3 Å². The second-order valence-corrected chi connectivity index (χ2v) is 11.8. The van der Waals surface area contributed by atoms with Crippen LogP contribution in [0, 0.1) is 17.2 Å². The normalized spacial score (nSPS) is 17.2. The Hall–Kier alpha value is -4.84. The SMILES string of the molecule is CC(C)(C)OC(=O)n1cc2ccc(Nc3nn([C@H]4CCCC[C@@H]4C#N)c4ccnc(OCc5ccccc5)c34)cc2c1. The molecule has 1 fully saturated rings. The summed E-state index contributed by atoms with van der Waals surface area (Å²) in [7, 11) is 0. The second-order valence-electron chi connectivity index (χ2n) is 11.8. The van der Waals surface area contributed by atoms with Crippen molar-refractivity contribution in [3.05, 3.63) is 78.8 Å². The molecule has 6 rings (SSSR count). The third-order valence-corrected chi connectivity index (χ3v) is 7.52. The van der Waals surface area contributed by atoms with Crippen molar-refractivity contribution in [3.8, 4) is 11.9 Å². The van der Waals surface area contributed by atoms with E-state index in [0.717, 1.165) is 58.6 Å². The first-order valence-electron chi connectivity index (χ1n) is 14.3. The topological polar surface area (TPSA) is 107 Å². The molecule has 0 aliphatic heterocycles. The summed E-state index contributed by atoms with van der Waals surface area (Å²) in [5, 5.41) is 21.0. The predicted molar refractivity (Wildman–Crippen MR) is 162 cm³/mol. The average molecular weight is 563 g/mol. The molecule has 0 spiro atoms. The fourth-order valence-electron chi connectivity index (χ4n) is 5.56. The summed E-state index contributed by atoms with van der Waals surface area (Å²) >= 11 is 0. The summed E-state index contributed by atoms with van der Waals surface area (Å²) in [4.78, 5) is 17.2. The zero-order chi connectivity index (χ0) is 29.3. The van der Waals surface area contributed by atoms with Crippen LogP contribution in [0.4, 0.5) is 16.3 Å². The highest BCUT2D eigenvalue weighted by Gasteiger charge is 2.30. The Balaban J connectivity index is 1.38. The zero-order valence-electron chi connectivity index (χ0n) is 24.1. The molecule has 1 aliphatic rings. The molecule has 2 aromatic carbocycles. The van der Waals surface area contributed by atoms with Gasteiger partial charge in [0.15, 0.2) is 5.82 Å². The number of carbonyl (C=O) groups excluding carboxylic acids is 1. The van der Waals surface area contributed by atoms with Crippen molar-refractivity contribution in [1.82, 2.24) is 19.3 Å². The largest absolute Gasteiger partial charge is 0.472 e. The molecule has 3 heterocycles. The number of nitrogens with zero attached hydrogens (tertiary/aromatic N) is 5. The Kier molecular flexibility index (Phi) is 7.29. The van der Waals surface area contributed by atoms with Gasteiger partial charge in [-0.1, -0.05) is 49.2 Å². The van der Waals surface area contributed by atoms with Crippen LogP contribution in [0.15, 0.2) is 73.2 Å². The van der Waals surface area contributed by atoms with Gasteiger partial charge in [-0.25, -0.2) is 9.78 Å². The molecule has 3 aromatic heterocycles. The summed E-state index contributed by atoms with van der Waals surface area (Å²) < 4.78 is 15.2. The van der Waals surface area contributed by atoms with Crippen LogP contribution in [0.2, 0.25) is 0 Å². The summed E-state index contributed by atoms with van der Waals surface area (Å²) in [5.41, 5.74) is 2.13. The van der Waals surface area contributed by atoms with Gasteiger partial charge in [0.25, 0.3) is 0 Å². The molecule has 2 atom stereocenters. The van der Waals surface area contributed by atoms with E-state index < -0.39 is 11.7 Å². The number of anilines is 2. The van der Waals surface area contributed by atoms with Gasteiger partial charge in [0.1, 0.15) is 17.6 Å². The summed E-state index contributed by atoms with van der Waals surface area (Å²) in [5.74, 6) is 0.974. The summed E-state index contributed by atoms with van der Waals surface area (Å²) in [6.07, 6.45) is 8.70. The molecule has 0 amide bonds. The monoisotopic (exact) mass is 562 g/mol. The number of aromatic nitrogens is 4. The smallest absolute Gasteiger partial charge is 0.418 e. The lowest BCUT2D eigenvalue weighted by Crippen LogP contribution is -2.26. The minimum absolute atomic E-state index is 0.0310. The van der Waals surface area contributed by atoms with E-state index in [4.69, 9.17) is 14.6 Å². The maximum atomic E-state index is 12.6. The van der Waals surface area contributed by atoms with E-state index in [-0.39, 0.29) is 12.0 Å². The molecule has 0 bridgehead atoms. The molecule has 1 saturated carbocycles. The van der Waals surface area contributed by atoms with E-state index in [9.17, 15) is 10.1 Å². The van der Waals surface area contributed by atoms with Gasteiger partial charge in [0.2, 0.25) is 5.88 Å². The predicted octanol–water partition coefficient (Wildman–Crippen LogP) is 7.75. The second kappa shape index (κ2) is 11.2. The molecule has 1 N–H and O–H groups in total. The Bertz CT molecular complexity index is 1780. The fraction of sp³-hybridized carbons (Fsp3) is 0.333. The third kappa shape index (κ3) is 5.66. The highest BCUT2D eigenvalue weighted by Crippen LogP contribution is 2.40. The highest BCUT2D eigenvalue weighted by molar-refractivity contribution is 5.97. The Morgan fingerprint density at radius 2 is 1.86 bits per heavy atom. The van der Waals surface area contributed by atoms with Crippen LogP contribution in [0.3, 0.4) is 0 Å². The first-order chi connectivity index (χ1) is 20.3. The van der Waals surface area contributed by atoms with Crippen molar-refractivity contribution >= 4 is 39.3 Å². The van der Waals surface area contributed by atoms with Gasteiger partial charge in [-0.3, -0.25) is 9.25 Å². The zero-order valence-corrected chi connectivity index (χ0v) is 24.1. The van der Waals surface area contributed by atoms with Crippen LogP contribution < -0.4 is 10.1 Å². The molecule has 0 saturated heterocycles. The van der Waals surface area contributed by atoms with E-state index in [0.29, 0.717) is 18.3 Å². The van der Waals surface area contributed by atoms with Gasteiger partial charge in [-0.2, -0.15) is 10.4 Å². The molecular formula is C33H34N6O3. The van der Waals surface area contributed by atoms with E-state index in [2.05, 4.69) is 16.4 Å². The lowest BCUT2D eigenvalue weighted by molar-refractivity contribution is 0.0538. The van der Waals surface area contributed by atoms with Crippen molar-refractivity contribution in [2.45, 2.75) is 64.7 Å². The van der Waals surface area contributed by atoms with Gasteiger partial charge in [-0.05, 0) is 57.4 Å². The molecule has 9 heteroatoms. The molecule has 0 unspecified atom stereocenters. The molecule has 214 valence electrons. The van der Waals surface area contributed by atoms with Crippen LogP contribution >= 0.6 is 0 Å². The van der Waals surface area contributed by atoms with Gasteiger partial charge in [0, 0.05) is 35.1 Å². The summed E-state index contributed by atoms with van der Waals surface area (Å²) in [6.45, 7) is 5.90. The lowest BCUT2D eigenvalue weighted by atomic mass is 9.85. The Morgan fingerprint density at radius 3 is 2.64 bits per heavy atom. The van der Waals surface area contributed by atoms with Crippen molar-refractivity contribution in [3.63, 3.8) is 0 Å². The molecule has 0 radical (unpaired) electrons. The molecule has 42 heavy (non-hydrogen) atoms. The lowest BCUT2D eigenvalue weighted by Gasteiger charge is -2.27. The number of hydrogen-bond donors (Lipinski definition) is 1. The number of fused-ring (bicyclic) bond motifs is 2. The fourth-order valence-corrected chi connectivity index (χ4v) is 5.56. The van der Waals surface area contributed by atoms with E-state index in [1.165, 1.54) is 4.57 Å². The number of nitriles is 1. The first kappa shape index (κ1) is 27.3. The third-order valence-electron chi connectivity index (χ3n) is 7.52. The quantitative estimate of drug-likeness (QED) is 0.225. The number of nitrogens with one attached hydrogen (secondary N) is 1. The number of hydrogen-bond acceptors (Lipinski definition) is 7. The van der Waals surface area contributed by atoms with Crippen LogP contribution in [0.1, 0.15) is 58.1 Å². The molecule has 9 nitrogen and oxygen atoms in total. The number of rotatable bonds is 6. The number of ether oxygens (including phenoxy) is 2. The molecule has 5 aromatic rings. The van der Waals surface area contributed by atoms with Gasteiger partial charge < -0.3 is 14.8 Å².